The monoisotopic (exact) mass is 437 g/mol. The molecule has 1 aliphatic carbocycles. The number of nitrogens with zero attached hydrogens (tertiary/aromatic N) is 1. The summed E-state index contributed by atoms with van der Waals surface area (Å²) >= 11 is 5.58. The summed E-state index contributed by atoms with van der Waals surface area (Å²) in [5.74, 6) is -0.290. The lowest BCUT2D eigenvalue weighted by atomic mass is 9.68. The first-order valence-electron chi connectivity index (χ1n) is 9.16. The molecule has 6 unspecified atom stereocenters. The van der Waals surface area contributed by atoms with Crippen molar-refractivity contribution in [3.63, 3.8) is 0 Å². The minimum atomic E-state index is -4.12. The molecule has 0 spiro atoms. The van der Waals surface area contributed by atoms with Crippen molar-refractivity contribution in [3.8, 4) is 0 Å². The SMILES string of the molecule is O=C1C2CCC(C(F)(F)F)CC2CC2/C(=C/C3CC(Br)CS3)CCN12. The molecular weight excluding hydrogens is 415 g/mol. The van der Waals surface area contributed by atoms with Crippen LogP contribution in [0.1, 0.15) is 38.5 Å². The van der Waals surface area contributed by atoms with E-state index >= 15 is 0 Å². The zero-order valence-electron chi connectivity index (χ0n) is 14.0. The predicted molar refractivity (Wildman–Crippen MR) is 96.8 cm³/mol. The van der Waals surface area contributed by atoms with Crippen LogP contribution in [0.25, 0.3) is 0 Å². The highest BCUT2D eigenvalue weighted by atomic mass is 79.9. The maximum Gasteiger partial charge on any atom is 0.391 e. The molecular formula is C18H23BrF3NOS. The highest BCUT2D eigenvalue weighted by Crippen LogP contribution is 2.49. The average molecular weight is 438 g/mol. The van der Waals surface area contributed by atoms with Gasteiger partial charge in [0.25, 0.3) is 0 Å². The minimum absolute atomic E-state index is 0.0516. The van der Waals surface area contributed by atoms with Gasteiger partial charge in [0.2, 0.25) is 5.91 Å². The molecule has 0 aromatic rings. The van der Waals surface area contributed by atoms with E-state index in [2.05, 4.69) is 22.0 Å². The van der Waals surface area contributed by atoms with Gasteiger partial charge in [-0.2, -0.15) is 24.9 Å². The van der Waals surface area contributed by atoms with Gasteiger partial charge in [0.05, 0.1) is 12.0 Å². The number of thioether (sulfide) groups is 1. The molecule has 3 heterocycles. The summed E-state index contributed by atoms with van der Waals surface area (Å²) in [6.45, 7) is 0.746. The Kier molecular flexibility index (Phi) is 4.93. The molecule has 25 heavy (non-hydrogen) atoms. The number of hydrogen-bond acceptors (Lipinski definition) is 2. The number of carbonyl (C=O) groups excluding carboxylic acids is 1. The zero-order chi connectivity index (χ0) is 17.8. The number of carbonyl (C=O) groups is 1. The van der Waals surface area contributed by atoms with Gasteiger partial charge in [-0.25, -0.2) is 0 Å². The first-order valence-corrected chi connectivity index (χ1v) is 11.1. The summed E-state index contributed by atoms with van der Waals surface area (Å²) in [7, 11) is 0. The van der Waals surface area contributed by atoms with Crippen molar-refractivity contribution in [1.29, 1.82) is 0 Å². The van der Waals surface area contributed by atoms with Gasteiger partial charge in [-0.3, -0.25) is 4.79 Å². The van der Waals surface area contributed by atoms with Gasteiger partial charge in [-0.05, 0) is 50.0 Å². The van der Waals surface area contributed by atoms with E-state index in [1.54, 1.807) is 0 Å². The van der Waals surface area contributed by atoms with E-state index in [1.165, 1.54) is 5.57 Å². The highest BCUT2D eigenvalue weighted by molar-refractivity contribution is 9.09. The summed E-state index contributed by atoms with van der Waals surface area (Å²) in [6, 6.07) is 0.0516. The third-order valence-electron chi connectivity index (χ3n) is 6.40. The number of piperidine rings is 1. The maximum absolute atomic E-state index is 13.1. The lowest BCUT2D eigenvalue weighted by Crippen LogP contribution is -2.51. The van der Waals surface area contributed by atoms with Crippen molar-refractivity contribution in [2.75, 3.05) is 12.3 Å². The maximum atomic E-state index is 13.1. The molecule has 0 aromatic heterocycles. The molecule has 4 rings (SSSR count). The van der Waals surface area contributed by atoms with Crippen molar-refractivity contribution < 1.29 is 18.0 Å². The Morgan fingerprint density at radius 1 is 1.20 bits per heavy atom. The van der Waals surface area contributed by atoms with Crippen LogP contribution in [0.3, 0.4) is 0 Å². The third kappa shape index (κ3) is 3.52. The van der Waals surface area contributed by atoms with E-state index in [4.69, 9.17) is 0 Å². The Labute approximate surface area is 159 Å². The van der Waals surface area contributed by atoms with Crippen molar-refractivity contribution in [2.45, 2.75) is 60.8 Å². The number of alkyl halides is 4. The van der Waals surface area contributed by atoms with E-state index in [0.717, 1.165) is 31.6 Å². The van der Waals surface area contributed by atoms with Crippen LogP contribution in [0.5, 0.6) is 0 Å². The molecule has 0 N–H and O–H groups in total. The summed E-state index contributed by atoms with van der Waals surface area (Å²) in [5, 5.41) is 0.474. The standard InChI is InChI=1S/C18H23BrF3NOS/c19-13-8-14(25-9-13)6-10-3-4-23-16(10)7-11-5-12(18(20,21)22)1-2-15(11)17(23)24/h6,11-16H,1-5,7-9H2/b10-6+. The quantitative estimate of drug-likeness (QED) is 0.434. The van der Waals surface area contributed by atoms with Gasteiger partial charge in [-0.1, -0.05) is 22.0 Å². The number of fused-ring (bicyclic) bond motifs is 2. The second-order valence-corrected chi connectivity index (χ2v) is 10.5. The zero-order valence-corrected chi connectivity index (χ0v) is 16.4. The number of rotatable bonds is 1. The van der Waals surface area contributed by atoms with Crippen LogP contribution in [0.2, 0.25) is 0 Å². The van der Waals surface area contributed by atoms with Crippen LogP contribution in [0.4, 0.5) is 13.2 Å². The topological polar surface area (TPSA) is 20.3 Å². The van der Waals surface area contributed by atoms with Crippen molar-refractivity contribution in [1.82, 2.24) is 4.90 Å². The molecule has 1 saturated carbocycles. The lowest BCUT2D eigenvalue weighted by molar-refractivity contribution is -0.193. The van der Waals surface area contributed by atoms with Crippen LogP contribution >= 0.6 is 27.7 Å². The predicted octanol–water partition coefficient (Wildman–Crippen LogP) is 4.78. The van der Waals surface area contributed by atoms with Crippen LogP contribution in [0.15, 0.2) is 11.6 Å². The second-order valence-electron chi connectivity index (χ2n) is 7.90. The fourth-order valence-electron chi connectivity index (χ4n) is 5.13. The molecule has 0 aromatic carbocycles. The minimum Gasteiger partial charge on any atom is -0.335 e. The van der Waals surface area contributed by atoms with E-state index in [0.29, 0.717) is 16.5 Å². The Morgan fingerprint density at radius 2 is 2.00 bits per heavy atom. The molecule has 3 saturated heterocycles. The van der Waals surface area contributed by atoms with E-state index < -0.39 is 12.1 Å². The molecule has 4 aliphatic rings. The largest absolute Gasteiger partial charge is 0.391 e. The Morgan fingerprint density at radius 3 is 2.68 bits per heavy atom. The highest BCUT2D eigenvalue weighted by Gasteiger charge is 2.52. The van der Waals surface area contributed by atoms with Crippen molar-refractivity contribution >= 4 is 33.6 Å². The Balaban J connectivity index is 1.50. The van der Waals surface area contributed by atoms with Gasteiger partial charge >= 0.3 is 6.18 Å². The molecule has 0 bridgehead atoms. The summed E-state index contributed by atoms with van der Waals surface area (Å²) in [6.07, 6.45) is 1.56. The van der Waals surface area contributed by atoms with Crippen molar-refractivity contribution in [3.05, 3.63) is 11.6 Å². The Hall–Kier alpha value is -0.170. The summed E-state index contributed by atoms with van der Waals surface area (Å²) in [5.41, 5.74) is 1.29. The van der Waals surface area contributed by atoms with Crippen LogP contribution in [0, 0.1) is 17.8 Å². The van der Waals surface area contributed by atoms with Gasteiger partial charge in [0.1, 0.15) is 0 Å². The number of amides is 1. The van der Waals surface area contributed by atoms with Gasteiger partial charge in [0, 0.05) is 28.3 Å². The normalized spacial score (nSPS) is 43.4. The molecule has 7 heteroatoms. The lowest BCUT2D eigenvalue weighted by Gasteiger charge is -2.45. The van der Waals surface area contributed by atoms with E-state index in [9.17, 15) is 18.0 Å². The summed E-state index contributed by atoms with van der Waals surface area (Å²) < 4.78 is 39.4. The second kappa shape index (κ2) is 6.77. The van der Waals surface area contributed by atoms with Gasteiger partial charge < -0.3 is 4.90 Å². The molecule has 2 nitrogen and oxygen atoms in total. The molecule has 3 aliphatic heterocycles. The Bertz CT molecular complexity index is 581. The van der Waals surface area contributed by atoms with Gasteiger partial charge in [-0.15, -0.1) is 0 Å². The van der Waals surface area contributed by atoms with Gasteiger partial charge in [0.15, 0.2) is 0 Å². The van der Waals surface area contributed by atoms with Crippen molar-refractivity contribution in [2.24, 2.45) is 17.8 Å². The fraction of sp³-hybridized carbons (Fsp3) is 0.833. The van der Waals surface area contributed by atoms with Crippen LogP contribution in [-0.4, -0.2) is 45.4 Å². The molecule has 4 fully saturated rings. The fourth-order valence-corrected chi connectivity index (χ4v) is 7.47. The third-order valence-corrected chi connectivity index (χ3v) is 8.87. The number of halogens is 4. The first kappa shape index (κ1) is 18.2. The number of hydrogen-bond donors (Lipinski definition) is 0. The average Bonchev–Trinajstić information content (AvgIpc) is 3.13. The smallest absolute Gasteiger partial charge is 0.335 e. The molecule has 0 radical (unpaired) electrons. The van der Waals surface area contributed by atoms with Crippen LogP contribution in [-0.2, 0) is 4.79 Å². The molecule has 140 valence electrons. The first-order chi connectivity index (χ1) is 11.8. The molecule has 6 atom stereocenters. The van der Waals surface area contributed by atoms with E-state index in [1.807, 2.05) is 16.7 Å². The van der Waals surface area contributed by atoms with Crippen LogP contribution < -0.4 is 0 Å². The molecule has 1 amide bonds. The summed E-state index contributed by atoms with van der Waals surface area (Å²) in [4.78, 5) is 15.3. The van der Waals surface area contributed by atoms with E-state index in [-0.39, 0.29) is 36.6 Å².